The zero-order valence-electron chi connectivity index (χ0n) is 23.3. The van der Waals surface area contributed by atoms with E-state index in [1.165, 1.54) is 54.6 Å². The fourth-order valence-electron chi connectivity index (χ4n) is 4.86. The van der Waals surface area contributed by atoms with Crippen LogP contribution in [0.4, 0.5) is 4.39 Å². The molecule has 3 aromatic heterocycles. The van der Waals surface area contributed by atoms with Gasteiger partial charge in [0.05, 0.1) is 17.1 Å². The Morgan fingerprint density at radius 3 is 0.932 bits per heavy atom. The molecule has 0 amide bonds. The van der Waals surface area contributed by atoms with Crippen molar-refractivity contribution in [2.45, 2.75) is 5.67 Å². The Bertz CT molecular complexity index is 1750. The Morgan fingerprint density at radius 2 is 0.659 bits per heavy atom. The first-order valence-electron chi connectivity index (χ1n) is 13.9. The average Bonchev–Trinajstić information content (AvgIpc) is 3.11. The minimum absolute atomic E-state index is 0.0174. The Hall–Kier alpha value is -5.95. The normalized spacial score (nSPS) is 11.1. The molecule has 0 saturated carbocycles. The van der Waals surface area contributed by atoms with Crippen LogP contribution in [0.15, 0.2) is 146 Å². The van der Waals surface area contributed by atoms with Crippen molar-refractivity contribution in [3.63, 3.8) is 0 Å². The van der Waals surface area contributed by atoms with Crippen LogP contribution in [0.5, 0.6) is 0 Å². The van der Waals surface area contributed by atoms with Crippen molar-refractivity contribution >= 4 is 17.3 Å². The van der Waals surface area contributed by atoms with Crippen LogP contribution in [0.25, 0.3) is 0 Å². The molecule has 6 nitrogen and oxygen atoms in total. The molecule has 44 heavy (non-hydrogen) atoms. The minimum Gasteiger partial charge on any atom is -0.287 e. The second-order valence-corrected chi connectivity index (χ2v) is 9.97. The number of carbonyl (C=O) groups is 3. The van der Waals surface area contributed by atoms with E-state index < -0.39 is 23.0 Å². The largest absolute Gasteiger partial charge is 0.287 e. The summed E-state index contributed by atoms with van der Waals surface area (Å²) in [6, 6.07) is 39.1. The fraction of sp³-hybridized carbons (Fsp3) is 0.0270. The molecule has 0 radical (unpaired) electrons. The molecule has 6 aromatic rings. The van der Waals surface area contributed by atoms with E-state index in [1.54, 1.807) is 91.0 Å². The van der Waals surface area contributed by atoms with Gasteiger partial charge < -0.3 is 0 Å². The molecule has 0 atom stereocenters. The SMILES string of the molecule is O=C(c1ccccc1)c1cccc(C(F)(c2cccc(C(=O)c3ccccc3)n2)c2cccc(C(=O)c3ccccc3)n2)n1. The van der Waals surface area contributed by atoms with Crippen LogP contribution in [-0.2, 0) is 5.67 Å². The molecule has 0 bridgehead atoms. The van der Waals surface area contributed by atoms with E-state index in [0.717, 1.165) is 0 Å². The summed E-state index contributed by atoms with van der Waals surface area (Å²) in [5.41, 5.74) is -1.94. The molecule has 0 spiro atoms. The first-order valence-corrected chi connectivity index (χ1v) is 13.9. The molecule has 0 fully saturated rings. The van der Waals surface area contributed by atoms with E-state index >= 15 is 4.39 Å². The summed E-state index contributed by atoms with van der Waals surface area (Å²) in [6.07, 6.45) is 0. The van der Waals surface area contributed by atoms with Gasteiger partial charge in [0, 0.05) is 16.7 Å². The van der Waals surface area contributed by atoms with Crippen LogP contribution in [0.3, 0.4) is 0 Å². The predicted molar refractivity (Wildman–Crippen MR) is 163 cm³/mol. The van der Waals surface area contributed by atoms with Crippen LogP contribution in [0.1, 0.15) is 65.2 Å². The molecular formula is C37H24FN3O3. The number of halogens is 1. The molecule has 0 unspecified atom stereocenters. The molecule has 0 aliphatic rings. The summed E-state index contributed by atoms with van der Waals surface area (Å²) in [5.74, 6) is -1.18. The predicted octanol–water partition coefficient (Wildman–Crippen LogP) is 6.83. The van der Waals surface area contributed by atoms with E-state index in [4.69, 9.17) is 0 Å². The minimum atomic E-state index is -2.65. The van der Waals surface area contributed by atoms with Gasteiger partial charge in [-0.2, -0.15) is 0 Å². The number of pyridine rings is 3. The number of rotatable bonds is 9. The van der Waals surface area contributed by atoms with E-state index in [1.807, 2.05) is 0 Å². The summed E-state index contributed by atoms with van der Waals surface area (Å²) < 4.78 is 18.0. The Balaban J connectivity index is 1.51. The molecule has 0 aliphatic heterocycles. The van der Waals surface area contributed by atoms with Crippen molar-refractivity contribution in [3.8, 4) is 0 Å². The van der Waals surface area contributed by atoms with Crippen molar-refractivity contribution in [2.75, 3.05) is 0 Å². The quantitative estimate of drug-likeness (QED) is 0.175. The molecule has 7 heteroatoms. The monoisotopic (exact) mass is 577 g/mol. The fourth-order valence-corrected chi connectivity index (χ4v) is 4.86. The van der Waals surface area contributed by atoms with Crippen LogP contribution in [-0.4, -0.2) is 32.3 Å². The molecule has 0 saturated heterocycles. The number of hydrogen-bond donors (Lipinski definition) is 0. The van der Waals surface area contributed by atoms with E-state index in [2.05, 4.69) is 15.0 Å². The van der Waals surface area contributed by atoms with Crippen molar-refractivity contribution in [1.29, 1.82) is 0 Å². The molecule has 212 valence electrons. The zero-order chi connectivity index (χ0) is 30.5. The van der Waals surface area contributed by atoms with Crippen LogP contribution < -0.4 is 0 Å². The number of nitrogens with zero attached hydrogens (tertiary/aromatic N) is 3. The molecule has 3 aromatic carbocycles. The lowest BCUT2D eigenvalue weighted by Gasteiger charge is -2.25. The van der Waals surface area contributed by atoms with Crippen LogP contribution in [0, 0.1) is 0 Å². The highest BCUT2D eigenvalue weighted by Crippen LogP contribution is 2.38. The third-order valence-electron chi connectivity index (χ3n) is 7.11. The number of benzene rings is 3. The highest BCUT2D eigenvalue weighted by molar-refractivity contribution is 6.09. The van der Waals surface area contributed by atoms with Crippen LogP contribution >= 0.6 is 0 Å². The van der Waals surface area contributed by atoms with Gasteiger partial charge in [-0.1, -0.05) is 109 Å². The lowest BCUT2D eigenvalue weighted by atomic mass is 9.90. The number of carbonyl (C=O) groups excluding carboxylic acids is 3. The topological polar surface area (TPSA) is 89.9 Å². The smallest absolute Gasteiger partial charge is 0.236 e. The van der Waals surface area contributed by atoms with Gasteiger partial charge >= 0.3 is 0 Å². The maximum Gasteiger partial charge on any atom is 0.236 e. The summed E-state index contributed by atoms with van der Waals surface area (Å²) in [5, 5.41) is 0. The lowest BCUT2D eigenvalue weighted by Crippen LogP contribution is -2.29. The Kier molecular flexibility index (Phi) is 7.76. The Labute approximate surface area is 252 Å². The zero-order valence-corrected chi connectivity index (χ0v) is 23.3. The van der Waals surface area contributed by atoms with E-state index in [-0.39, 0.29) is 34.2 Å². The highest BCUT2D eigenvalue weighted by Gasteiger charge is 2.42. The van der Waals surface area contributed by atoms with Gasteiger partial charge in [0.15, 0.2) is 0 Å². The second-order valence-electron chi connectivity index (χ2n) is 9.97. The van der Waals surface area contributed by atoms with E-state index in [9.17, 15) is 14.4 Å². The molecule has 0 N–H and O–H groups in total. The van der Waals surface area contributed by atoms with E-state index in [0.29, 0.717) is 16.7 Å². The number of ketones is 3. The van der Waals surface area contributed by atoms with Crippen LogP contribution in [0.2, 0.25) is 0 Å². The summed E-state index contributed by atoms with van der Waals surface area (Å²) in [6.45, 7) is 0. The van der Waals surface area contributed by atoms with Crippen molar-refractivity contribution < 1.29 is 18.8 Å². The summed E-state index contributed by atoms with van der Waals surface area (Å²) in [4.78, 5) is 53.3. The maximum absolute atomic E-state index is 18.0. The van der Waals surface area contributed by atoms with Crippen molar-refractivity contribution in [2.24, 2.45) is 0 Å². The number of hydrogen-bond acceptors (Lipinski definition) is 6. The summed E-state index contributed by atoms with van der Waals surface area (Å²) in [7, 11) is 0. The van der Waals surface area contributed by atoms with Gasteiger partial charge in [-0.15, -0.1) is 0 Å². The van der Waals surface area contributed by atoms with Gasteiger partial charge in [-0.3, -0.25) is 14.4 Å². The Morgan fingerprint density at radius 1 is 0.386 bits per heavy atom. The number of aromatic nitrogens is 3. The first-order chi connectivity index (χ1) is 21.4. The third kappa shape index (κ3) is 5.46. The van der Waals surface area contributed by atoms with Gasteiger partial charge in [-0.05, 0) is 36.4 Å². The second kappa shape index (κ2) is 12.1. The first kappa shape index (κ1) is 28.2. The lowest BCUT2D eigenvalue weighted by molar-refractivity contribution is 0.102. The van der Waals surface area contributed by atoms with Gasteiger partial charge in [-0.25, -0.2) is 19.3 Å². The molecule has 0 aliphatic carbocycles. The van der Waals surface area contributed by atoms with Gasteiger partial charge in [0.2, 0.25) is 23.0 Å². The maximum atomic E-state index is 18.0. The van der Waals surface area contributed by atoms with Crippen molar-refractivity contribution in [1.82, 2.24) is 15.0 Å². The van der Waals surface area contributed by atoms with Gasteiger partial charge in [0.1, 0.15) is 17.1 Å². The third-order valence-corrected chi connectivity index (χ3v) is 7.11. The van der Waals surface area contributed by atoms with Gasteiger partial charge in [0.25, 0.3) is 0 Å². The summed E-state index contributed by atoms with van der Waals surface area (Å²) >= 11 is 0. The molecule has 6 rings (SSSR count). The van der Waals surface area contributed by atoms with Crippen molar-refractivity contribution in [3.05, 3.63) is 196 Å². The highest BCUT2D eigenvalue weighted by atomic mass is 19.1. The molecule has 3 heterocycles. The number of alkyl halides is 1. The molecular weight excluding hydrogens is 553 g/mol. The average molecular weight is 578 g/mol. The standard InChI is InChI=1S/C37H24FN3O3/c38-37(31-22-10-19-28(39-31)34(42)25-13-4-1-5-14-25,32-23-11-20-29(40-32)35(43)26-15-6-2-7-16-26)33-24-12-21-30(41-33)36(44)27-17-8-3-9-18-27/h1-24H.